The van der Waals surface area contributed by atoms with Gasteiger partial charge in [-0.2, -0.15) is 0 Å². The molecule has 5 heterocycles. The lowest BCUT2D eigenvalue weighted by Gasteiger charge is -2.39. The number of imide groups is 1. The fourth-order valence-corrected chi connectivity index (χ4v) is 9.26. The molecule has 4 aliphatic heterocycles. The van der Waals surface area contributed by atoms with Gasteiger partial charge < -0.3 is 49.6 Å². The number of amides is 4. The molecule has 4 amide bonds. The zero-order valence-corrected chi connectivity index (χ0v) is 37.1. The largest absolute Gasteiger partial charge is 0.394 e. The van der Waals surface area contributed by atoms with Crippen LogP contribution < -0.4 is 21.3 Å². The summed E-state index contributed by atoms with van der Waals surface area (Å²) >= 11 is 0. The van der Waals surface area contributed by atoms with E-state index >= 15 is 0 Å². The molecule has 3 aromatic carbocycles. The van der Waals surface area contributed by atoms with Crippen molar-refractivity contribution < 1.29 is 48.0 Å². The molecule has 1 aromatic heterocycles. The van der Waals surface area contributed by atoms with Crippen LogP contribution >= 0.6 is 0 Å². The number of carbonyl (C=O) groups is 4. The number of fused-ring (bicyclic) bond motifs is 4. The average Bonchev–Trinajstić information content (AvgIpc) is 3.91. The Bertz CT molecular complexity index is 2300. The molecule has 5 N–H and O–H groups in total. The molecule has 0 spiro atoms. The minimum absolute atomic E-state index is 0.00126. The number of anilines is 3. The molecule has 8 rings (SSSR count). The normalized spacial score (nSPS) is 20.1. The molecule has 350 valence electrons. The predicted molar refractivity (Wildman–Crippen MR) is 246 cm³/mol. The van der Waals surface area contributed by atoms with Crippen molar-refractivity contribution in [3.8, 4) is 11.1 Å². The Labute approximate surface area is 384 Å². The van der Waals surface area contributed by atoms with E-state index in [1.54, 1.807) is 6.07 Å². The van der Waals surface area contributed by atoms with Crippen LogP contribution in [0.1, 0.15) is 52.4 Å². The van der Waals surface area contributed by atoms with Crippen molar-refractivity contribution in [2.45, 2.75) is 50.5 Å². The lowest BCUT2D eigenvalue weighted by molar-refractivity contribution is -0.137. The summed E-state index contributed by atoms with van der Waals surface area (Å²) in [6.45, 7) is 6.07. The Morgan fingerprint density at radius 3 is 2.26 bits per heavy atom. The number of nitrogens with zero attached hydrogens (tertiary/aromatic N) is 3. The number of aromatic nitrogens is 1. The highest BCUT2D eigenvalue weighted by Gasteiger charge is 2.44. The van der Waals surface area contributed by atoms with E-state index in [2.05, 4.69) is 61.5 Å². The summed E-state index contributed by atoms with van der Waals surface area (Å²) in [5.41, 5.74) is 8.42. The predicted octanol–water partition coefficient (Wildman–Crippen LogP) is 3.99. The molecule has 4 atom stereocenters. The number of carbonyl (C=O) groups excluding carboxylic acids is 4. The summed E-state index contributed by atoms with van der Waals surface area (Å²) in [7, 11) is 0. The number of aliphatic hydroxyl groups is 1. The number of hydrogen-bond acceptors (Lipinski definition) is 14. The third-order valence-electron chi connectivity index (χ3n) is 12.5. The number of nitrogens with one attached hydrogen (secondary N) is 4. The highest BCUT2D eigenvalue weighted by molar-refractivity contribution is 6.06. The first-order chi connectivity index (χ1) is 32.4. The van der Waals surface area contributed by atoms with Crippen LogP contribution in [0.25, 0.3) is 11.1 Å². The quantitative estimate of drug-likeness (QED) is 0.0499. The highest BCUT2D eigenvalue weighted by atomic mass is 16.6. The summed E-state index contributed by atoms with van der Waals surface area (Å²) in [6.07, 6.45) is 5.20. The average molecular weight is 906 g/mol. The topological polar surface area (TPSA) is 202 Å². The molecule has 17 heteroatoms. The van der Waals surface area contributed by atoms with Gasteiger partial charge in [-0.05, 0) is 90.2 Å². The van der Waals surface area contributed by atoms with Crippen molar-refractivity contribution in [3.63, 3.8) is 0 Å². The van der Waals surface area contributed by atoms with E-state index in [0.29, 0.717) is 89.5 Å². The van der Waals surface area contributed by atoms with E-state index in [0.717, 1.165) is 47.6 Å². The lowest BCUT2D eigenvalue weighted by atomic mass is 9.82. The number of aliphatic hydroxyl groups excluding tert-OH is 1. The van der Waals surface area contributed by atoms with Gasteiger partial charge in [0.1, 0.15) is 12.6 Å². The molecule has 0 saturated carbocycles. The van der Waals surface area contributed by atoms with Gasteiger partial charge in [0.25, 0.3) is 5.91 Å². The molecule has 0 radical (unpaired) electrons. The maximum absolute atomic E-state index is 13.0. The van der Waals surface area contributed by atoms with Crippen molar-refractivity contribution in [2.75, 3.05) is 102 Å². The van der Waals surface area contributed by atoms with E-state index in [-0.39, 0.29) is 56.0 Å². The fourth-order valence-electron chi connectivity index (χ4n) is 9.26. The fraction of sp³-hybridized carbons (Fsp3) is 0.449. The van der Waals surface area contributed by atoms with Gasteiger partial charge in [-0.25, -0.2) is 0 Å². The first kappa shape index (κ1) is 46.7. The SMILES string of the molecule is O=C1CCC(N2Cc3c(NCCOCCOCCOCCOCCOCC(=O)Nc4cccc(-c5ccc6c(c5)[C@H]5[C@H](CCN5Cc5ccncc5)[C@@H](CO)N6)c4)cccc3C2=O)C(=O)N1. The standard InChI is InChI=1S/C49H59N7O10/c57-31-43-38-13-17-55(29-33-11-14-50-15-12-33)47(38)39-28-35(7-8-42(39)53-43)34-3-1-4-36(27-34)52-46(59)32-66-26-25-65-24-23-64-22-21-63-20-19-62-18-16-51-41-6-2-5-37-40(41)30-56(49(37)61)44-9-10-45(58)54-48(44)60/h1-8,11-12,14-15,27-28,38,43-44,47,51,53,57H,9-10,13,16-26,29-32H2,(H,52,59)(H,54,58,60)/t38-,43-,44?,47-/m1/s1. The van der Waals surface area contributed by atoms with Crippen LogP contribution in [0.3, 0.4) is 0 Å². The molecular weight excluding hydrogens is 847 g/mol. The van der Waals surface area contributed by atoms with Crippen molar-refractivity contribution in [2.24, 2.45) is 5.92 Å². The molecule has 1 unspecified atom stereocenters. The first-order valence-electron chi connectivity index (χ1n) is 22.8. The lowest BCUT2D eigenvalue weighted by Crippen LogP contribution is -2.52. The second-order valence-electron chi connectivity index (χ2n) is 16.7. The minimum Gasteiger partial charge on any atom is -0.394 e. The van der Waals surface area contributed by atoms with Gasteiger partial charge >= 0.3 is 0 Å². The molecule has 2 saturated heterocycles. The second kappa shape index (κ2) is 23.1. The Morgan fingerprint density at radius 1 is 0.803 bits per heavy atom. The second-order valence-corrected chi connectivity index (χ2v) is 16.7. The Hall–Kier alpha value is -5.79. The van der Waals surface area contributed by atoms with Crippen LogP contribution in [0.5, 0.6) is 0 Å². The van der Waals surface area contributed by atoms with Gasteiger partial charge in [0, 0.05) is 78.6 Å². The van der Waals surface area contributed by atoms with Crippen LogP contribution in [0.4, 0.5) is 17.1 Å². The summed E-state index contributed by atoms with van der Waals surface area (Å²) in [6, 6.07) is 23.3. The van der Waals surface area contributed by atoms with Gasteiger partial charge in [-0.1, -0.05) is 24.3 Å². The van der Waals surface area contributed by atoms with Gasteiger partial charge in [-0.3, -0.25) is 34.4 Å². The first-order valence-corrected chi connectivity index (χ1v) is 22.8. The van der Waals surface area contributed by atoms with Crippen molar-refractivity contribution in [1.29, 1.82) is 0 Å². The van der Waals surface area contributed by atoms with Crippen molar-refractivity contribution in [1.82, 2.24) is 20.1 Å². The van der Waals surface area contributed by atoms with Crippen molar-refractivity contribution in [3.05, 3.63) is 107 Å². The molecule has 66 heavy (non-hydrogen) atoms. The van der Waals surface area contributed by atoms with E-state index in [1.165, 1.54) is 16.0 Å². The van der Waals surface area contributed by atoms with Gasteiger partial charge in [-0.15, -0.1) is 0 Å². The van der Waals surface area contributed by atoms with Gasteiger partial charge in [0.15, 0.2) is 0 Å². The molecule has 4 aromatic rings. The molecule has 0 aliphatic carbocycles. The zero-order chi connectivity index (χ0) is 45.7. The van der Waals surface area contributed by atoms with Gasteiger partial charge in [0.05, 0.1) is 72.1 Å². The zero-order valence-electron chi connectivity index (χ0n) is 37.1. The number of piperidine rings is 1. The highest BCUT2D eigenvalue weighted by Crippen LogP contribution is 2.48. The number of ether oxygens (including phenoxy) is 5. The van der Waals surface area contributed by atoms with E-state index in [1.807, 2.05) is 48.8 Å². The number of pyridine rings is 1. The summed E-state index contributed by atoms with van der Waals surface area (Å²) in [5.74, 6) is -0.902. The Morgan fingerprint density at radius 2 is 1.52 bits per heavy atom. The summed E-state index contributed by atoms with van der Waals surface area (Å²) < 4.78 is 28.0. The smallest absolute Gasteiger partial charge is 0.255 e. The Kier molecular flexibility index (Phi) is 16.3. The van der Waals surface area contributed by atoms with E-state index in [4.69, 9.17) is 23.7 Å². The van der Waals surface area contributed by atoms with Crippen LogP contribution in [0.2, 0.25) is 0 Å². The van der Waals surface area contributed by atoms with Crippen LogP contribution in [0, 0.1) is 5.92 Å². The summed E-state index contributed by atoms with van der Waals surface area (Å²) in [5, 5.41) is 22.4. The molecule has 0 bridgehead atoms. The number of hydrogen-bond donors (Lipinski definition) is 5. The number of benzene rings is 3. The van der Waals surface area contributed by atoms with Gasteiger partial charge in [0.2, 0.25) is 17.7 Å². The minimum atomic E-state index is -0.651. The van der Waals surface area contributed by atoms with E-state index in [9.17, 15) is 24.3 Å². The third kappa shape index (κ3) is 11.8. The number of rotatable bonds is 24. The summed E-state index contributed by atoms with van der Waals surface area (Å²) in [4.78, 5) is 57.9. The van der Waals surface area contributed by atoms with Crippen LogP contribution in [-0.4, -0.2) is 141 Å². The maximum Gasteiger partial charge on any atom is 0.255 e. The molecule has 2 fully saturated rings. The van der Waals surface area contributed by atoms with E-state index < -0.39 is 11.9 Å². The van der Waals surface area contributed by atoms with Crippen molar-refractivity contribution >= 4 is 40.7 Å². The van der Waals surface area contributed by atoms with Crippen LogP contribution in [-0.2, 0) is 51.2 Å². The van der Waals surface area contributed by atoms with Crippen LogP contribution in [0.15, 0.2) is 85.2 Å². The molecule has 4 aliphatic rings. The maximum atomic E-state index is 13.0. The third-order valence-corrected chi connectivity index (χ3v) is 12.5. The molecule has 17 nitrogen and oxygen atoms in total. The number of likely N-dealkylation sites (tertiary alicyclic amines) is 1. The Balaban J connectivity index is 0.652. The molecular formula is C49H59N7O10. The monoisotopic (exact) mass is 905 g/mol.